The second-order valence-electron chi connectivity index (χ2n) is 7.64. The third-order valence-electron chi connectivity index (χ3n) is 5.63. The van der Waals surface area contributed by atoms with Crippen molar-refractivity contribution in [3.8, 4) is 0 Å². The van der Waals surface area contributed by atoms with Crippen molar-refractivity contribution in [2.75, 3.05) is 13.1 Å². The number of nitrogens with one attached hydrogen (secondary N) is 2. The molecule has 2 aromatic rings. The lowest BCUT2D eigenvalue weighted by Crippen LogP contribution is -2.52. The van der Waals surface area contributed by atoms with Gasteiger partial charge in [0.15, 0.2) is 0 Å². The molecule has 2 N–H and O–H groups in total. The van der Waals surface area contributed by atoms with Crippen molar-refractivity contribution < 1.29 is 18.0 Å². The van der Waals surface area contributed by atoms with E-state index in [4.69, 9.17) is 0 Å². The molecule has 1 unspecified atom stereocenters. The first kappa shape index (κ1) is 21.5. The molecule has 1 fully saturated rings. The monoisotopic (exact) mass is 404 g/mol. The maximum Gasteiger partial charge on any atom is 0.406 e. The summed E-state index contributed by atoms with van der Waals surface area (Å²) in [5.74, 6) is -0.148. The number of hydrogen-bond donors (Lipinski definition) is 2. The van der Waals surface area contributed by atoms with Crippen LogP contribution in [-0.2, 0) is 4.79 Å². The smallest absolute Gasteiger partial charge is 0.305 e. The highest BCUT2D eigenvalue weighted by Gasteiger charge is 2.63. The van der Waals surface area contributed by atoms with Crippen LogP contribution < -0.4 is 10.6 Å². The molecule has 156 valence electrons. The Bertz CT molecular complexity index is 749. The van der Waals surface area contributed by atoms with Crippen LogP contribution in [0.5, 0.6) is 0 Å². The largest absolute Gasteiger partial charge is 0.406 e. The molecule has 2 aromatic carbocycles. The Labute approximate surface area is 169 Å². The summed E-state index contributed by atoms with van der Waals surface area (Å²) in [5, 5.41) is 6.01. The summed E-state index contributed by atoms with van der Waals surface area (Å²) in [5.41, 5.74) is 0.206. The molecule has 0 bridgehead atoms. The second-order valence-corrected chi connectivity index (χ2v) is 7.64. The molecule has 1 aliphatic carbocycles. The van der Waals surface area contributed by atoms with Gasteiger partial charge < -0.3 is 10.6 Å². The number of halogens is 3. The topological polar surface area (TPSA) is 41.1 Å². The first-order valence-electron chi connectivity index (χ1n) is 10.0. The van der Waals surface area contributed by atoms with E-state index in [9.17, 15) is 18.0 Å². The third-order valence-corrected chi connectivity index (χ3v) is 5.63. The van der Waals surface area contributed by atoms with E-state index < -0.39 is 11.7 Å². The van der Waals surface area contributed by atoms with Crippen molar-refractivity contribution >= 4 is 5.78 Å². The van der Waals surface area contributed by atoms with E-state index in [0.717, 1.165) is 11.1 Å². The van der Waals surface area contributed by atoms with E-state index >= 15 is 0 Å². The summed E-state index contributed by atoms with van der Waals surface area (Å²) >= 11 is 0. The molecule has 3 rings (SSSR count). The van der Waals surface area contributed by atoms with E-state index in [0.29, 0.717) is 6.42 Å². The zero-order chi connectivity index (χ0) is 20.9. The first-order chi connectivity index (χ1) is 13.9. The average molecular weight is 404 g/mol. The lowest BCUT2D eigenvalue weighted by molar-refractivity contribution is -0.166. The molecule has 0 heterocycles. The maximum absolute atomic E-state index is 13.4. The van der Waals surface area contributed by atoms with E-state index in [1.54, 1.807) is 6.92 Å². The minimum Gasteiger partial charge on any atom is -0.305 e. The van der Waals surface area contributed by atoms with Gasteiger partial charge in [-0.1, -0.05) is 67.6 Å². The third kappa shape index (κ3) is 5.25. The highest BCUT2D eigenvalue weighted by molar-refractivity contribution is 5.80. The summed E-state index contributed by atoms with van der Waals surface area (Å²) in [6.07, 6.45) is -3.69. The van der Waals surface area contributed by atoms with E-state index in [2.05, 4.69) is 10.6 Å². The molecule has 0 amide bonds. The van der Waals surface area contributed by atoms with Crippen LogP contribution in [-0.4, -0.2) is 36.6 Å². The van der Waals surface area contributed by atoms with Gasteiger partial charge in [0, 0.05) is 24.9 Å². The molecule has 1 atom stereocenters. The predicted molar refractivity (Wildman–Crippen MR) is 108 cm³/mol. The summed E-state index contributed by atoms with van der Waals surface area (Å²) < 4.78 is 40.3. The van der Waals surface area contributed by atoms with Gasteiger partial charge in [-0.3, -0.25) is 4.79 Å². The van der Waals surface area contributed by atoms with Gasteiger partial charge in [0.25, 0.3) is 0 Å². The van der Waals surface area contributed by atoms with E-state index in [1.165, 1.54) is 0 Å². The predicted octanol–water partition coefficient (Wildman–Crippen LogP) is 4.44. The zero-order valence-corrected chi connectivity index (χ0v) is 16.5. The van der Waals surface area contributed by atoms with Crippen LogP contribution in [0.1, 0.15) is 43.2 Å². The van der Waals surface area contributed by atoms with Gasteiger partial charge in [0.1, 0.15) is 11.3 Å². The maximum atomic E-state index is 13.4. The van der Waals surface area contributed by atoms with Gasteiger partial charge in [0.05, 0.1) is 6.54 Å². The Kier molecular flexibility index (Phi) is 6.75. The van der Waals surface area contributed by atoms with Crippen LogP contribution in [0.2, 0.25) is 0 Å². The van der Waals surface area contributed by atoms with Crippen molar-refractivity contribution in [1.82, 2.24) is 10.6 Å². The molecular formula is C23H27F3N2O. The van der Waals surface area contributed by atoms with Crippen molar-refractivity contribution in [2.45, 2.75) is 49.9 Å². The Hall–Kier alpha value is -2.18. The minimum absolute atomic E-state index is 0.0341. The number of carbonyl (C=O) groups is 1. The first-order valence-corrected chi connectivity index (χ1v) is 10.0. The van der Waals surface area contributed by atoms with Crippen LogP contribution in [0.3, 0.4) is 0 Å². The summed E-state index contributed by atoms with van der Waals surface area (Å²) in [6, 6.07) is 19.1. The minimum atomic E-state index is -4.27. The van der Waals surface area contributed by atoms with E-state index in [1.807, 2.05) is 60.7 Å². The number of alkyl halides is 3. The Morgan fingerprint density at radius 1 is 1.00 bits per heavy atom. The molecule has 1 saturated carbocycles. The Balaban J connectivity index is 1.89. The molecule has 3 nitrogen and oxygen atoms in total. The summed E-state index contributed by atoms with van der Waals surface area (Å²) in [6.45, 7) is 2.04. The molecule has 0 radical (unpaired) electrons. The normalized spacial score (nSPS) is 16.6. The molecule has 0 aliphatic heterocycles. The average Bonchev–Trinajstić information content (AvgIpc) is 3.52. The number of rotatable bonds is 10. The molecule has 0 saturated heterocycles. The van der Waals surface area contributed by atoms with Gasteiger partial charge in [0.2, 0.25) is 0 Å². The lowest BCUT2D eigenvalue weighted by atomic mass is 9.84. The highest BCUT2D eigenvalue weighted by Crippen LogP contribution is 2.49. The zero-order valence-electron chi connectivity index (χ0n) is 16.5. The molecular weight excluding hydrogens is 377 g/mol. The highest BCUT2D eigenvalue weighted by atomic mass is 19.4. The van der Waals surface area contributed by atoms with E-state index in [-0.39, 0.29) is 43.7 Å². The van der Waals surface area contributed by atoms with Crippen LogP contribution >= 0.6 is 0 Å². The van der Waals surface area contributed by atoms with Crippen molar-refractivity contribution in [2.24, 2.45) is 0 Å². The van der Waals surface area contributed by atoms with Gasteiger partial charge in [-0.25, -0.2) is 0 Å². The number of Topliss-reactive ketones (excluding diaryl/α,β-unsaturated/α-hetero) is 1. The molecule has 0 aromatic heterocycles. The van der Waals surface area contributed by atoms with Gasteiger partial charge >= 0.3 is 6.18 Å². The van der Waals surface area contributed by atoms with Gasteiger partial charge in [-0.2, -0.15) is 13.2 Å². The number of ketones is 1. The van der Waals surface area contributed by atoms with Crippen molar-refractivity contribution in [3.63, 3.8) is 0 Å². The SMILES string of the molecule is CCC(=O)CNC(CNC1(C(F)(F)F)CC1)C(c1ccccc1)c1ccccc1. The van der Waals surface area contributed by atoms with Crippen molar-refractivity contribution in [3.05, 3.63) is 71.8 Å². The lowest BCUT2D eigenvalue weighted by Gasteiger charge is -2.32. The fraction of sp³-hybridized carbons (Fsp3) is 0.435. The van der Waals surface area contributed by atoms with Gasteiger partial charge in [-0.05, 0) is 24.0 Å². The van der Waals surface area contributed by atoms with Gasteiger partial charge in [-0.15, -0.1) is 0 Å². The number of hydrogen-bond acceptors (Lipinski definition) is 3. The van der Waals surface area contributed by atoms with Crippen LogP contribution in [0.15, 0.2) is 60.7 Å². The van der Waals surface area contributed by atoms with Crippen molar-refractivity contribution in [1.29, 1.82) is 0 Å². The molecule has 1 aliphatic rings. The molecule has 29 heavy (non-hydrogen) atoms. The summed E-state index contributed by atoms with van der Waals surface area (Å²) in [4.78, 5) is 11.9. The van der Waals surface area contributed by atoms with Crippen LogP contribution in [0.25, 0.3) is 0 Å². The molecule has 6 heteroatoms. The fourth-order valence-electron chi connectivity index (χ4n) is 3.65. The summed E-state index contributed by atoms with van der Waals surface area (Å²) in [7, 11) is 0. The standard InChI is InChI=1S/C23H27F3N2O/c1-2-19(29)15-27-20(16-28-22(13-14-22)23(24,25)26)21(17-9-5-3-6-10-17)18-11-7-4-8-12-18/h3-12,20-21,27-28H,2,13-16H2,1H3. The number of carbonyl (C=O) groups excluding carboxylic acids is 1. The fourth-order valence-corrected chi connectivity index (χ4v) is 3.65. The van der Waals surface area contributed by atoms with Crippen LogP contribution in [0.4, 0.5) is 13.2 Å². The Morgan fingerprint density at radius 3 is 1.93 bits per heavy atom. The second kappa shape index (κ2) is 9.09. The number of benzene rings is 2. The quantitative estimate of drug-likeness (QED) is 0.615. The molecule has 0 spiro atoms. The Morgan fingerprint density at radius 2 is 1.52 bits per heavy atom. The van der Waals surface area contributed by atoms with Crippen LogP contribution in [0, 0.1) is 0 Å².